The zero-order valence-electron chi connectivity index (χ0n) is 11.8. The molecule has 1 amide bonds. The standard InChI is InChI=1S/C16H16FNO2S/c1-16(2,20)15(19)18-14-9-8-12(10-13(14)17)21-11-6-4-3-5-7-11/h3-10,20H,1-2H3,(H,18,19). The van der Waals surface area contributed by atoms with Crippen molar-refractivity contribution in [1.29, 1.82) is 0 Å². The summed E-state index contributed by atoms with van der Waals surface area (Å²) in [5, 5.41) is 11.9. The summed E-state index contributed by atoms with van der Waals surface area (Å²) < 4.78 is 14.0. The maximum Gasteiger partial charge on any atom is 0.255 e. The molecule has 2 aromatic rings. The molecule has 5 heteroatoms. The summed E-state index contributed by atoms with van der Waals surface area (Å²) in [7, 11) is 0. The molecule has 21 heavy (non-hydrogen) atoms. The number of aliphatic hydroxyl groups is 1. The number of benzene rings is 2. The van der Waals surface area contributed by atoms with Crippen LogP contribution in [0.2, 0.25) is 0 Å². The fourth-order valence-electron chi connectivity index (χ4n) is 1.56. The highest BCUT2D eigenvalue weighted by Crippen LogP contribution is 2.30. The lowest BCUT2D eigenvalue weighted by Gasteiger charge is -2.17. The van der Waals surface area contributed by atoms with Crippen molar-refractivity contribution in [2.24, 2.45) is 0 Å². The third-order valence-electron chi connectivity index (χ3n) is 2.72. The van der Waals surface area contributed by atoms with Gasteiger partial charge in [0.1, 0.15) is 11.4 Å². The van der Waals surface area contributed by atoms with Crippen molar-refractivity contribution in [3.8, 4) is 0 Å². The van der Waals surface area contributed by atoms with E-state index in [0.717, 1.165) is 9.79 Å². The van der Waals surface area contributed by atoms with E-state index in [-0.39, 0.29) is 5.69 Å². The molecule has 0 aliphatic rings. The van der Waals surface area contributed by atoms with Crippen LogP contribution in [0.15, 0.2) is 58.3 Å². The SMILES string of the molecule is CC(C)(O)C(=O)Nc1ccc(Sc2ccccc2)cc1F. The van der Waals surface area contributed by atoms with Crippen LogP contribution < -0.4 is 5.32 Å². The molecule has 0 aliphatic heterocycles. The molecule has 0 aliphatic carbocycles. The third kappa shape index (κ3) is 4.31. The summed E-state index contributed by atoms with van der Waals surface area (Å²) in [6, 6.07) is 14.2. The van der Waals surface area contributed by atoms with Crippen molar-refractivity contribution in [3.05, 3.63) is 54.3 Å². The second-order valence-electron chi connectivity index (χ2n) is 5.07. The maximum atomic E-state index is 14.0. The van der Waals surface area contributed by atoms with E-state index in [0.29, 0.717) is 0 Å². The molecule has 0 unspecified atom stereocenters. The van der Waals surface area contributed by atoms with E-state index in [4.69, 9.17) is 0 Å². The van der Waals surface area contributed by atoms with Gasteiger partial charge in [0.25, 0.3) is 5.91 Å². The fraction of sp³-hybridized carbons (Fsp3) is 0.188. The number of carbonyl (C=O) groups excluding carboxylic acids is 1. The van der Waals surface area contributed by atoms with Crippen LogP contribution in [-0.2, 0) is 4.79 Å². The summed E-state index contributed by atoms with van der Waals surface area (Å²) in [5.41, 5.74) is -1.50. The maximum absolute atomic E-state index is 14.0. The summed E-state index contributed by atoms with van der Waals surface area (Å²) >= 11 is 1.43. The van der Waals surface area contributed by atoms with Gasteiger partial charge in [-0.15, -0.1) is 0 Å². The molecule has 0 bridgehead atoms. The van der Waals surface area contributed by atoms with E-state index in [1.807, 2.05) is 30.3 Å². The number of anilines is 1. The molecular formula is C16H16FNO2S. The first-order valence-corrected chi connectivity index (χ1v) is 7.24. The first-order chi connectivity index (χ1) is 9.86. The summed E-state index contributed by atoms with van der Waals surface area (Å²) in [6.07, 6.45) is 0. The van der Waals surface area contributed by atoms with Crippen molar-refractivity contribution >= 4 is 23.4 Å². The van der Waals surface area contributed by atoms with Gasteiger partial charge in [-0.1, -0.05) is 30.0 Å². The number of amides is 1. The van der Waals surface area contributed by atoms with E-state index in [1.54, 1.807) is 6.07 Å². The Hall–Kier alpha value is -1.85. The van der Waals surface area contributed by atoms with Crippen LogP contribution >= 0.6 is 11.8 Å². The van der Waals surface area contributed by atoms with Gasteiger partial charge < -0.3 is 10.4 Å². The fourth-order valence-corrected chi connectivity index (χ4v) is 2.42. The Labute approximate surface area is 127 Å². The molecule has 0 aromatic heterocycles. The second kappa shape index (κ2) is 6.28. The lowest BCUT2D eigenvalue weighted by molar-refractivity contribution is -0.130. The van der Waals surface area contributed by atoms with Gasteiger partial charge in [0.2, 0.25) is 0 Å². The van der Waals surface area contributed by atoms with Crippen molar-refractivity contribution in [2.45, 2.75) is 29.2 Å². The molecule has 0 fully saturated rings. The van der Waals surface area contributed by atoms with E-state index >= 15 is 0 Å². The Morgan fingerprint density at radius 3 is 2.38 bits per heavy atom. The van der Waals surface area contributed by atoms with Crippen LogP contribution in [0.5, 0.6) is 0 Å². The van der Waals surface area contributed by atoms with E-state index in [1.165, 1.54) is 37.7 Å². The summed E-state index contributed by atoms with van der Waals surface area (Å²) in [6.45, 7) is 2.69. The van der Waals surface area contributed by atoms with Crippen LogP contribution in [0, 0.1) is 5.82 Å². The van der Waals surface area contributed by atoms with Gasteiger partial charge in [-0.3, -0.25) is 4.79 Å². The van der Waals surface area contributed by atoms with Gasteiger partial charge in [-0.2, -0.15) is 0 Å². The molecule has 0 atom stereocenters. The van der Waals surface area contributed by atoms with Gasteiger partial charge in [-0.25, -0.2) is 4.39 Å². The van der Waals surface area contributed by atoms with Gasteiger partial charge in [-0.05, 0) is 44.2 Å². The lowest BCUT2D eigenvalue weighted by Crippen LogP contribution is -2.36. The molecule has 2 aromatic carbocycles. The average Bonchev–Trinajstić information content (AvgIpc) is 2.42. The minimum absolute atomic E-state index is 0.0551. The van der Waals surface area contributed by atoms with Crippen LogP contribution in [0.3, 0.4) is 0 Å². The molecule has 0 spiro atoms. The van der Waals surface area contributed by atoms with Crippen molar-refractivity contribution in [3.63, 3.8) is 0 Å². The minimum atomic E-state index is -1.55. The molecule has 0 radical (unpaired) electrons. The zero-order chi connectivity index (χ0) is 15.5. The Morgan fingerprint density at radius 1 is 1.14 bits per heavy atom. The van der Waals surface area contributed by atoms with Crippen molar-refractivity contribution in [2.75, 3.05) is 5.32 Å². The largest absolute Gasteiger partial charge is 0.381 e. The van der Waals surface area contributed by atoms with E-state index < -0.39 is 17.3 Å². The number of hydrogen-bond acceptors (Lipinski definition) is 3. The van der Waals surface area contributed by atoms with E-state index in [2.05, 4.69) is 5.32 Å². The van der Waals surface area contributed by atoms with Gasteiger partial charge in [0.05, 0.1) is 5.69 Å². The van der Waals surface area contributed by atoms with Crippen LogP contribution in [0.4, 0.5) is 10.1 Å². The molecule has 110 valence electrons. The number of carbonyl (C=O) groups is 1. The summed E-state index contributed by atoms with van der Waals surface area (Å²) in [5.74, 6) is -1.18. The molecular weight excluding hydrogens is 289 g/mol. The molecule has 0 saturated heterocycles. The van der Waals surface area contributed by atoms with Crippen LogP contribution in [-0.4, -0.2) is 16.6 Å². The Kier molecular flexibility index (Phi) is 4.65. The lowest BCUT2D eigenvalue weighted by atomic mass is 10.1. The highest BCUT2D eigenvalue weighted by atomic mass is 32.2. The molecule has 2 N–H and O–H groups in total. The quantitative estimate of drug-likeness (QED) is 0.906. The normalized spacial score (nSPS) is 11.2. The average molecular weight is 305 g/mol. The number of halogens is 1. The van der Waals surface area contributed by atoms with Gasteiger partial charge in [0, 0.05) is 9.79 Å². The predicted molar refractivity (Wildman–Crippen MR) is 81.9 cm³/mol. The van der Waals surface area contributed by atoms with Crippen LogP contribution in [0.25, 0.3) is 0 Å². The monoisotopic (exact) mass is 305 g/mol. The minimum Gasteiger partial charge on any atom is -0.381 e. The Balaban J connectivity index is 2.13. The number of rotatable bonds is 4. The first-order valence-electron chi connectivity index (χ1n) is 6.42. The number of nitrogens with one attached hydrogen (secondary N) is 1. The number of hydrogen-bond donors (Lipinski definition) is 2. The zero-order valence-corrected chi connectivity index (χ0v) is 12.6. The van der Waals surface area contributed by atoms with Gasteiger partial charge in [0.15, 0.2) is 0 Å². The second-order valence-corrected chi connectivity index (χ2v) is 6.22. The Bertz CT molecular complexity index is 638. The molecule has 0 saturated carbocycles. The van der Waals surface area contributed by atoms with Crippen LogP contribution in [0.1, 0.15) is 13.8 Å². The topological polar surface area (TPSA) is 49.3 Å². The smallest absolute Gasteiger partial charge is 0.255 e. The summed E-state index contributed by atoms with van der Waals surface area (Å²) in [4.78, 5) is 13.4. The molecule has 0 heterocycles. The Morgan fingerprint density at radius 2 is 1.81 bits per heavy atom. The predicted octanol–water partition coefficient (Wildman–Crippen LogP) is 3.69. The van der Waals surface area contributed by atoms with E-state index in [9.17, 15) is 14.3 Å². The molecule has 3 nitrogen and oxygen atoms in total. The van der Waals surface area contributed by atoms with Gasteiger partial charge >= 0.3 is 0 Å². The van der Waals surface area contributed by atoms with Crippen molar-refractivity contribution < 1.29 is 14.3 Å². The van der Waals surface area contributed by atoms with Crippen molar-refractivity contribution in [1.82, 2.24) is 0 Å². The highest BCUT2D eigenvalue weighted by Gasteiger charge is 2.24. The first kappa shape index (κ1) is 15.5. The molecule has 2 rings (SSSR count). The third-order valence-corrected chi connectivity index (χ3v) is 3.72. The highest BCUT2D eigenvalue weighted by molar-refractivity contribution is 7.99.